The minimum absolute atomic E-state index is 0.0553. The van der Waals surface area contributed by atoms with E-state index in [4.69, 9.17) is 4.74 Å². The molecule has 1 heterocycles. The van der Waals surface area contributed by atoms with E-state index in [1.165, 1.54) is 9.87 Å². The predicted octanol–water partition coefficient (Wildman–Crippen LogP) is 3.02. The molecule has 150 valence electrons. The average Bonchev–Trinajstić information content (AvgIpc) is 2.62. The largest absolute Gasteiger partial charge is 0.476 e. The van der Waals surface area contributed by atoms with E-state index < -0.39 is 16.1 Å². The van der Waals surface area contributed by atoms with Gasteiger partial charge in [-0.2, -0.15) is 0 Å². The standard InChI is InChI=1S/C21H26N2O4S/c1-13-10-15(3)17(11-14(13)2)16(4)22-21(24)20-12-23(28(5,25)26)18-8-6-7-9-19(18)27-20/h6-11,16,20H,12H2,1-5H3,(H,22,24)/t16-,20-/m0/s1. The molecule has 0 radical (unpaired) electrons. The lowest BCUT2D eigenvalue weighted by Gasteiger charge is -2.34. The van der Waals surface area contributed by atoms with E-state index in [-0.39, 0.29) is 18.5 Å². The minimum Gasteiger partial charge on any atom is -0.476 e. The monoisotopic (exact) mass is 402 g/mol. The van der Waals surface area contributed by atoms with Gasteiger partial charge in [0.05, 0.1) is 24.5 Å². The van der Waals surface area contributed by atoms with E-state index in [1.807, 2.05) is 20.8 Å². The highest BCUT2D eigenvalue weighted by Gasteiger charge is 2.35. The molecule has 0 spiro atoms. The molecule has 1 amide bonds. The van der Waals surface area contributed by atoms with E-state index >= 15 is 0 Å². The number of anilines is 1. The van der Waals surface area contributed by atoms with Gasteiger partial charge in [-0.25, -0.2) is 8.42 Å². The summed E-state index contributed by atoms with van der Waals surface area (Å²) in [5.74, 6) is 0.0441. The van der Waals surface area contributed by atoms with Gasteiger partial charge in [0.15, 0.2) is 6.10 Å². The maximum Gasteiger partial charge on any atom is 0.263 e. The molecule has 28 heavy (non-hydrogen) atoms. The molecule has 0 aliphatic carbocycles. The number of hydrogen-bond donors (Lipinski definition) is 1. The molecule has 1 aliphatic rings. The zero-order chi connectivity index (χ0) is 20.6. The fraction of sp³-hybridized carbons (Fsp3) is 0.381. The molecule has 0 aromatic heterocycles. The number of carbonyl (C=O) groups is 1. The van der Waals surface area contributed by atoms with Gasteiger partial charge >= 0.3 is 0 Å². The van der Waals surface area contributed by atoms with E-state index in [2.05, 4.69) is 24.4 Å². The van der Waals surface area contributed by atoms with E-state index in [0.717, 1.165) is 22.9 Å². The number of sulfonamides is 1. The number of benzene rings is 2. The third-order valence-electron chi connectivity index (χ3n) is 5.14. The number of hydrogen-bond acceptors (Lipinski definition) is 4. The quantitative estimate of drug-likeness (QED) is 0.853. The molecule has 2 aromatic carbocycles. The summed E-state index contributed by atoms with van der Waals surface area (Å²) in [4.78, 5) is 12.9. The van der Waals surface area contributed by atoms with Gasteiger partial charge in [-0.1, -0.05) is 24.3 Å². The molecule has 0 unspecified atom stereocenters. The first kappa shape index (κ1) is 20.2. The number of amides is 1. The summed E-state index contributed by atoms with van der Waals surface area (Å²) in [6.45, 7) is 7.98. The maximum atomic E-state index is 12.9. The second-order valence-corrected chi connectivity index (χ2v) is 9.30. The summed E-state index contributed by atoms with van der Waals surface area (Å²) in [7, 11) is -3.53. The van der Waals surface area contributed by atoms with Gasteiger partial charge in [-0.3, -0.25) is 9.10 Å². The van der Waals surface area contributed by atoms with Gasteiger partial charge in [0, 0.05) is 0 Å². The molecule has 1 N–H and O–H groups in total. The first-order valence-corrected chi connectivity index (χ1v) is 11.0. The molecule has 0 fully saturated rings. The summed E-state index contributed by atoms with van der Waals surface area (Å²) >= 11 is 0. The molecular formula is C21H26N2O4S. The molecular weight excluding hydrogens is 376 g/mol. The predicted molar refractivity (Wildman–Crippen MR) is 110 cm³/mol. The average molecular weight is 403 g/mol. The van der Waals surface area contributed by atoms with E-state index in [1.54, 1.807) is 24.3 Å². The molecule has 0 bridgehead atoms. The highest BCUT2D eigenvalue weighted by molar-refractivity contribution is 7.92. The van der Waals surface area contributed by atoms with Crippen LogP contribution in [0.2, 0.25) is 0 Å². The second-order valence-electron chi connectivity index (χ2n) is 7.39. The number of fused-ring (bicyclic) bond motifs is 1. The smallest absolute Gasteiger partial charge is 0.263 e. The Balaban J connectivity index is 1.83. The van der Waals surface area contributed by atoms with Crippen LogP contribution in [0, 0.1) is 20.8 Å². The van der Waals surface area contributed by atoms with Crippen molar-refractivity contribution in [1.29, 1.82) is 0 Å². The fourth-order valence-corrected chi connectivity index (χ4v) is 4.40. The molecule has 7 heteroatoms. The van der Waals surface area contributed by atoms with Crippen LogP contribution >= 0.6 is 0 Å². The number of nitrogens with zero attached hydrogens (tertiary/aromatic N) is 1. The van der Waals surface area contributed by atoms with Crippen LogP contribution in [-0.2, 0) is 14.8 Å². The zero-order valence-electron chi connectivity index (χ0n) is 16.8. The van der Waals surface area contributed by atoms with Crippen LogP contribution in [0.4, 0.5) is 5.69 Å². The van der Waals surface area contributed by atoms with Gasteiger partial charge in [0.25, 0.3) is 5.91 Å². The van der Waals surface area contributed by atoms with Crippen LogP contribution in [0.15, 0.2) is 36.4 Å². The van der Waals surface area contributed by atoms with Crippen LogP contribution in [0.3, 0.4) is 0 Å². The Morgan fingerprint density at radius 3 is 2.46 bits per heavy atom. The van der Waals surface area contributed by atoms with Gasteiger partial charge in [0.1, 0.15) is 5.75 Å². The highest BCUT2D eigenvalue weighted by Crippen LogP contribution is 2.34. The lowest BCUT2D eigenvalue weighted by atomic mass is 9.96. The number of aryl methyl sites for hydroxylation is 3. The SMILES string of the molecule is Cc1cc(C)c([C@H](C)NC(=O)[C@@H]2CN(S(C)(=O)=O)c3ccccc3O2)cc1C. The van der Waals surface area contributed by atoms with Crippen molar-refractivity contribution >= 4 is 21.6 Å². The Morgan fingerprint density at radius 1 is 1.14 bits per heavy atom. The summed E-state index contributed by atoms with van der Waals surface area (Å²) < 4.78 is 31.5. The van der Waals surface area contributed by atoms with Crippen LogP contribution in [-0.4, -0.2) is 33.2 Å². The molecule has 2 aromatic rings. The Morgan fingerprint density at radius 2 is 1.79 bits per heavy atom. The first-order chi connectivity index (χ1) is 13.1. The van der Waals surface area contributed by atoms with Crippen molar-refractivity contribution in [3.05, 3.63) is 58.7 Å². The van der Waals surface area contributed by atoms with E-state index in [0.29, 0.717) is 11.4 Å². The van der Waals surface area contributed by atoms with Gasteiger partial charge in [-0.15, -0.1) is 0 Å². The Kier molecular flexibility index (Phi) is 5.39. The topological polar surface area (TPSA) is 75.7 Å². The van der Waals surface area contributed by atoms with E-state index in [9.17, 15) is 13.2 Å². The molecule has 2 atom stereocenters. The number of carbonyl (C=O) groups excluding carboxylic acids is 1. The van der Waals surface area contributed by atoms with Crippen LogP contribution in [0.25, 0.3) is 0 Å². The van der Waals surface area contributed by atoms with Crippen LogP contribution in [0.5, 0.6) is 5.75 Å². The van der Waals surface area contributed by atoms with Crippen LogP contribution < -0.4 is 14.4 Å². The van der Waals surface area contributed by atoms with Crippen molar-refractivity contribution in [1.82, 2.24) is 5.32 Å². The molecule has 0 saturated heterocycles. The summed E-state index contributed by atoms with van der Waals surface area (Å²) in [5, 5.41) is 2.97. The Hall–Kier alpha value is -2.54. The minimum atomic E-state index is -3.53. The molecule has 6 nitrogen and oxygen atoms in total. The van der Waals surface area contributed by atoms with Crippen molar-refractivity contribution in [3.63, 3.8) is 0 Å². The highest BCUT2D eigenvalue weighted by atomic mass is 32.2. The Bertz CT molecular complexity index is 1020. The zero-order valence-corrected chi connectivity index (χ0v) is 17.6. The van der Waals surface area contributed by atoms with Crippen molar-refractivity contribution < 1.29 is 17.9 Å². The number of nitrogens with one attached hydrogen (secondary N) is 1. The molecule has 3 rings (SSSR count). The molecule has 1 aliphatic heterocycles. The van der Waals surface area contributed by atoms with Gasteiger partial charge < -0.3 is 10.1 Å². The number of para-hydroxylation sites is 2. The maximum absolute atomic E-state index is 12.9. The van der Waals surface area contributed by atoms with Gasteiger partial charge in [-0.05, 0) is 62.1 Å². The molecule has 0 saturated carbocycles. The normalized spacial score (nSPS) is 17.5. The number of ether oxygens (including phenoxy) is 1. The second kappa shape index (κ2) is 7.47. The van der Waals surface area contributed by atoms with Crippen molar-refractivity contribution in [2.24, 2.45) is 0 Å². The Labute approximate surface area is 166 Å². The summed E-state index contributed by atoms with van der Waals surface area (Å²) in [5.41, 5.74) is 4.95. The van der Waals surface area contributed by atoms with Gasteiger partial charge in [0.2, 0.25) is 10.0 Å². The van der Waals surface area contributed by atoms with Crippen LogP contribution in [0.1, 0.15) is 35.2 Å². The third-order valence-corrected chi connectivity index (χ3v) is 6.28. The van der Waals surface area contributed by atoms with Crippen molar-refractivity contribution in [3.8, 4) is 5.75 Å². The summed E-state index contributed by atoms with van der Waals surface area (Å²) in [6.07, 6.45) is 0.212. The fourth-order valence-electron chi connectivity index (χ4n) is 3.49. The van der Waals surface area contributed by atoms with Crippen molar-refractivity contribution in [2.45, 2.75) is 39.8 Å². The third kappa shape index (κ3) is 3.99. The van der Waals surface area contributed by atoms with Crippen molar-refractivity contribution in [2.75, 3.05) is 17.1 Å². The lowest BCUT2D eigenvalue weighted by molar-refractivity contribution is -0.128. The number of rotatable bonds is 4. The summed E-state index contributed by atoms with van der Waals surface area (Å²) in [6, 6.07) is 10.8. The first-order valence-electron chi connectivity index (χ1n) is 9.19. The lowest BCUT2D eigenvalue weighted by Crippen LogP contribution is -2.50.